The van der Waals surface area contributed by atoms with Gasteiger partial charge in [0, 0.05) is 19.2 Å². The number of aliphatic hydroxyl groups excluding tert-OH is 1. The van der Waals surface area contributed by atoms with E-state index in [2.05, 4.69) is 5.32 Å². The fourth-order valence-electron chi connectivity index (χ4n) is 3.18. The Kier molecular flexibility index (Phi) is 5.45. The van der Waals surface area contributed by atoms with Crippen LogP contribution in [0.4, 0.5) is 0 Å². The lowest BCUT2D eigenvalue weighted by Gasteiger charge is -2.37. The Balaban J connectivity index is 1.95. The van der Waals surface area contributed by atoms with E-state index in [4.69, 9.17) is 5.11 Å². The maximum atomic E-state index is 12.6. The van der Waals surface area contributed by atoms with Gasteiger partial charge >= 0.3 is 0 Å². The number of aliphatic hydroxyl groups is 1. The highest BCUT2D eigenvalue weighted by Crippen LogP contribution is 2.22. The topological polar surface area (TPSA) is 52.6 Å². The molecule has 2 atom stereocenters. The number of likely N-dealkylation sites (tertiary alicyclic amines) is 1. The molecule has 0 aliphatic carbocycles. The van der Waals surface area contributed by atoms with E-state index in [1.54, 1.807) is 0 Å². The van der Waals surface area contributed by atoms with Crippen molar-refractivity contribution in [1.82, 2.24) is 10.2 Å². The highest BCUT2D eigenvalue weighted by Gasteiger charge is 2.31. The summed E-state index contributed by atoms with van der Waals surface area (Å²) in [6.07, 6.45) is 8.63. The van der Waals surface area contributed by atoms with Gasteiger partial charge in [-0.1, -0.05) is 12.8 Å². The van der Waals surface area contributed by atoms with Crippen LogP contribution < -0.4 is 5.32 Å². The van der Waals surface area contributed by atoms with Crippen LogP contribution in [0, 0.1) is 0 Å². The lowest BCUT2D eigenvalue weighted by Crippen LogP contribution is -2.52. The highest BCUT2D eigenvalue weighted by atomic mass is 16.3. The van der Waals surface area contributed by atoms with Gasteiger partial charge < -0.3 is 15.3 Å². The van der Waals surface area contributed by atoms with Crippen molar-refractivity contribution in [2.45, 2.75) is 63.5 Å². The smallest absolute Gasteiger partial charge is 0.239 e. The first-order chi connectivity index (χ1) is 8.83. The molecule has 1 amide bonds. The van der Waals surface area contributed by atoms with Crippen LogP contribution in [-0.4, -0.2) is 47.7 Å². The third kappa shape index (κ3) is 3.45. The summed E-state index contributed by atoms with van der Waals surface area (Å²) < 4.78 is 0. The van der Waals surface area contributed by atoms with E-state index in [1.807, 2.05) is 4.90 Å². The molecule has 0 spiro atoms. The zero-order chi connectivity index (χ0) is 12.8. The SMILES string of the molecule is O=C(C1CCCCCN1)N1CCCCC1CCO. The average molecular weight is 254 g/mol. The third-order valence-electron chi connectivity index (χ3n) is 4.23. The third-order valence-corrected chi connectivity index (χ3v) is 4.23. The van der Waals surface area contributed by atoms with Gasteiger partial charge in [0.1, 0.15) is 0 Å². The molecule has 0 aromatic heterocycles. The van der Waals surface area contributed by atoms with E-state index in [0.717, 1.165) is 45.2 Å². The first kappa shape index (κ1) is 13.8. The lowest BCUT2D eigenvalue weighted by molar-refractivity contribution is -0.137. The number of piperidine rings is 1. The summed E-state index contributed by atoms with van der Waals surface area (Å²) >= 11 is 0. The maximum absolute atomic E-state index is 12.6. The van der Waals surface area contributed by atoms with E-state index < -0.39 is 0 Å². The fraction of sp³-hybridized carbons (Fsp3) is 0.929. The monoisotopic (exact) mass is 254 g/mol. The Labute approximate surface area is 110 Å². The van der Waals surface area contributed by atoms with Crippen molar-refractivity contribution >= 4 is 5.91 Å². The van der Waals surface area contributed by atoms with Gasteiger partial charge in [-0.3, -0.25) is 4.79 Å². The van der Waals surface area contributed by atoms with Gasteiger partial charge in [-0.05, 0) is 45.1 Å². The Hall–Kier alpha value is -0.610. The van der Waals surface area contributed by atoms with Crippen LogP contribution in [0.3, 0.4) is 0 Å². The molecule has 2 aliphatic heterocycles. The van der Waals surface area contributed by atoms with Crippen LogP contribution in [0.5, 0.6) is 0 Å². The Morgan fingerprint density at radius 2 is 2.00 bits per heavy atom. The number of carbonyl (C=O) groups excluding carboxylic acids is 1. The Morgan fingerprint density at radius 3 is 2.83 bits per heavy atom. The van der Waals surface area contributed by atoms with Gasteiger partial charge in [-0.15, -0.1) is 0 Å². The molecule has 2 saturated heterocycles. The van der Waals surface area contributed by atoms with Crippen LogP contribution >= 0.6 is 0 Å². The quantitative estimate of drug-likeness (QED) is 0.798. The first-order valence-corrected chi connectivity index (χ1v) is 7.47. The van der Waals surface area contributed by atoms with Gasteiger partial charge in [0.2, 0.25) is 5.91 Å². The summed E-state index contributed by atoms with van der Waals surface area (Å²) in [5.41, 5.74) is 0. The second-order valence-corrected chi connectivity index (χ2v) is 5.55. The van der Waals surface area contributed by atoms with Gasteiger partial charge in [-0.2, -0.15) is 0 Å². The van der Waals surface area contributed by atoms with E-state index in [1.165, 1.54) is 19.3 Å². The van der Waals surface area contributed by atoms with E-state index >= 15 is 0 Å². The zero-order valence-electron chi connectivity index (χ0n) is 11.2. The summed E-state index contributed by atoms with van der Waals surface area (Å²) in [6.45, 7) is 2.03. The molecule has 0 aromatic carbocycles. The maximum Gasteiger partial charge on any atom is 0.239 e. The molecule has 0 radical (unpaired) electrons. The molecule has 104 valence electrons. The molecule has 2 aliphatic rings. The predicted molar refractivity (Wildman–Crippen MR) is 71.3 cm³/mol. The molecule has 4 heteroatoms. The number of hydrogen-bond acceptors (Lipinski definition) is 3. The number of hydrogen-bond donors (Lipinski definition) is 2. The molecule has 2 N–H and O–H groups in total. The van der Waals surface area contributed by atoms with Crippen LogP contribution in [0.25, 0.3) is 0 Å². The minimum atomic E-state index is 0.0202. The van der Waals surface area contributed by atoms with Gasteiger partial charge in [-0.25, -0.2) is 0 Å². The minimum Gasteiger partial charge on any atom is -0.396 e. The molecular weight excluding hydrogens is 228 g/mol. The van der Waals surface area contributed by atoms with Crippen LogP contribution in [0.2, 0.25) is 0 Å². The lowest BCUT2D eigenvalue weighted by atomic mass is 9.98. The molecular formula is C14H26N2O2. The van der Waals surface area contributed by atoms with Crippen molar-refractivity contribution in [1.29, 1.82) is 0 Å². The van der Waals surface area contributed by atoms with Crippen molar-refractivity contribution in [2.24, 2.45) is 0 Å². The number of rotatable bonds is 3. The Morgan fingerprint density at radius 1 is 1.17 bits per heavy atom. The second-order valence-electron chi connectivity index (χ2n) is 5.55. The molecule has 0 bridgehead atoms. The minimum absolute atomic E-state index is 0.0202. The van der Waals surface area contributed by atoms with Crippen LogP contribution in [0.1, 0.15) is 51.4 Å². The number of amides is 1. The molecule has 18 heavy (non-hydrogen) atoms. The summed E-state index contributed by atoms with van der Waals surface area (Å²) in [6, 6.07) is 0.285. The predicted octanol–water partition coefficient (Wildman–Crippen LogP) is 1.28. The molecule has 2 fully saturated rings. The molecule has 2 heterocycles. The molecule has 2 unspecified atom stereocenters. The average Bonchev–Trinajstić information content (AvgIpc) is 2.68. The van der Waals surface area contributed by atoms with E-state index in [9.17, 15) is 4.79 Å². The van der Waals surface area contributed by atoms with Crippen molar-refractivity contribution in [2.75, 3.05) is 19.7 Å². The van der Waals surface area contributed by atoms with Crippen molar-refractivity contribution < 1.29 is 9.90 Å². The highest BCUT2D eigenvalue weighted by molar-refractivity contribution is 5.82. The number of nitrogens with one attached hydrogen (secondary N) is 1. The van der Waals surface area contributed by atoms with Crippen LogP contribution in [-0.2, 0) is 4.79 Å². The summed E-state index contributed by atoms with van der Waals surface area (Å²) in [5.74, 6) is 0.273. The largest absolute Gasteiger partial charge is 0.396 e. The van der Waals surface area contributed by atoms with Crippen molar-refractivity contribution in [3.05, 3.63) is 0 Å². The molecule has 0 saturated carbocycles. The molecule has 0 aromatic rings. The zero-order valence-corrected chi connectivity index (χ0v) is 11.2. The van der Waals surface area contributed by atoms with E-state index in [0.29, 0.717) is 0 Å². The number of nitrogens with zero attached hydrogens (tertiary/aromatic N) is 1. The summed E-state index contributed by atoms with van der Waals surface area (Å²) in [4.78, 5) is 14.6. The van der Waals surface area contributed by atoms with Gasteiger partial charge in [0.15, 0.2) is 0 Å². The normalized spacial score (nSPS) is 29.9. The standard InChI is InChI=1S/C14H26N2O2/c17-11-8-12-6-3-5-10-16(12)14(18)13-7-2-1-4-9-15-13/h12-13,15,17H,1-11H2. The van der Waals surface area contributed by atoms with Crippen LogP contribution in [0.15, 0.2) is 0 Å². The van der Waals surface area contributed by atoms with Crippen molar-refractivity contribution in [3.63, 3.8) is 0 Å². The van der Waals surface area contributed by atoms with Gasteiger partial charge in [0.05, 0.1) is 6.04 Å². The molecule has 4 nitrogen and oxygen atoms in total. The number of carbonyl (C=O) groups is 1. The Bertz CT molecular complexity index is 261. The van der Waals surface area contributed by atoms with Crippen molar-refractivity contribution in [3.8, 4) is 0 Å². The molecule has 2 rings (SSSR count). The second kappa shape index (κ2) is 7.10. The fourth-order valence-corrected chi connectivity index (χ4v) is 3.18. The summed E-state index contributed by atoms with van der Waals surface area (Å²) in [5, 5.41) is 12.5. The first-order valence-electron chi connectivity index (χ1n) is 7.47. The van der Waals surface area contributed by atoms with Gasteiger partial charge in [0.25, 0.3) is 0 Å². The summed E-state index contributed by atoms with van der Waals surface area (Å²) in [7, 11) is 0. The van der Waals surface area contributed by atoms with E-state index in [-0.39, 0.29) is 24.6 Å².